The van der Waals surface area contributed by atoms with Crippen molar-refractivity contribution >= 4 is 52.4 Å². The fourth-order valence-corrected chi connectivity index (χ4v) is 3.12. The molecule has 126 valence electrons. The minimum atomic E-state index is -0.672. The number of amides is 1. The Labute approximate surface area is 150 Å². The molecule has 0 spiro atoms. The lowest BCUT2D eigenvalue weighted by Gasteiger charge is -2.05. The summed E-state index contributed by atoms with van der Waals surface area (Å²) in [6.45, 7) is 0. The standard InChI is InChI=1S/C15H9N3O5S2/c19-10-3-1-2-9(6-10)7-12-14(20)17(15(24)25-12)16-8-11-4-5-13(23-11)18(21)22/h1-8,19H/b12-7+,16-8+. The van der Waals surface area contributed by atoms with Gasteiger partial charge in [0.1, 0.15) is 10.7 Å². The Bertz CT molecular complexity index is 935. The van der Waals surface area contributed by atoms with Crippen LogP contribution in [0.4, 0.5) is 5.88 Å². The number of furan rings is 1. The summed E-state index contributed by atoms with van der Waals surface area (Å²) in [5, 5.41) is 25.0. The number of carbonyl (C=O) groups is 1. The Hall–Kier alpha value is -2.98. The molecule has 0 atom stereocenters. The van der Waals surface area contributed by atoms with Gasteiger partial charge in [-0.2, -0.15) is 10.1 Å². The number of phenols is 1. The van der Waals surface area contributed by atoms with Crippen molar-refractivity contribution in [2.45, 2.75) is 0 Å². The Kier molecular flexibility index (Phi) is 4.63. The first-order chi connectivity index (χ1) is 11.9. The molecule has 0 saturated carbocycles. The van der Waals surface area contributed by atoms with Gasteiger partial charge in [-0.1, -0.05) is 23.9 Å². The minimum Gasteiger partial charge on any atom is -0.508 e. The molecule has 1 amide bonds. The van der Waals surface area contributed by atoms with Gasteiger partial charge in [-0.15, -0.1) is 0 Å². The molecule has 0 unspecified atom stereocenters. The van der Waals surface area contributed by atoms with E-state index < -0.39 is 16.7 Å². The average Bonchev–Trinajstić information content (AvgIpc) is 3.12. The van der Waals surface area contributed by atoms with E-state index >= 15 is 0 Å². The SMILES string of the molecule is O=C1/C(=C\c2cccc(O)c2)SC(=S)N1/N=C/c1ccc([N+](=O)[O-])o1. The van der Waals surface area contributed by atoms with Crippen molar-refractivity contribution in [1.29, 1.82) is 0 Å². The first kappa shape index (κ1) is 16.9. The van der Waals surface area contributed by atoms with Crippen LogP contribution in [-0.4, -0.2) is 31.5 Å². The second-order valence-electron chi connectivity index (χ2n) is 4.77. The molecule has 1 aliphatic heterocycles. The summed E-state index contributed by atoms with van der Waals surface area (Å²) in [7, 11) is 0. The first-order valence-corrected chi connectivity index (χ1v) is 8.02. The fourth-order valence-electron chi connectivity index (χ4n) is 1.95. The molecular formula is C15H9N3O5S2. The highest BCUT2D eigenvalue weighted by atomic mass is 32.2. The van der Waals surface area contributed by atoms with Crippen LogP contribution in [0.3, 0.4) is 0 Å². The third-order valence-corrected chi connectivity index (χ3v) is 4.32. The maximum Gasteiger partial charge on any atom is 0.433 e. The third-order valence-electron chi connectivity index (χ3n) is 3.03. The van der Waals surface area contributed by atoms with E-state index in [1.807, 2.05) is 0 Å². The highest BCUT2D eigenvalue weighted by Gasteiger charge is 2.32. The van der Waals surface area contributed by atoms with E-state index in [0.717, 1.165) is 16.8 Å². The van der Waals surface area contributed by atoms with Crippen molar-refractivity contribution in [3.05, 3.63) is 62.7 Å². The zero-order valence-corrected chi connectivity index (χ0v) is 14.0. The molecule has 1 saturated heterocycles. The molecule has 2 heterocycles. The number of nitrogens with zero attached hydrogens (tertiary/aromatic N) is 3. The van der Waals surface area contributed by atoms with Crippen LogP contribution in [0, 0.1) is 10.1 Å². The second kappa shape index (κ2) is 6.87. The summed E-state index contributed by atoms with van der Waals surface area (Å²) in [4.78, 5) is 22.6. The quantitative estimate of drug-likeness (QED) is 0.287. The molecule has 8 nitrogen and oxygen atoms in total. The van der Waals surface area contributed by atoms with Crippen LogP contribution in [0.15, 0.2) is 50.8 Å². The predicted octanol–water partition coefficient (Wildman–Crippen LogP) is 3.13. The van der Waals surface area contributed by atoms with Crippen molar-refractivity contribution < 1.29 is 19.2 Å². The number of nitro groups is 1. The number of thioether (sulfide) groups is 1. The Morgan fingerprint density at radius 1 is 1.36 bits per heavy atom. The van der Waals surface area contributed by atoms with Crippen LogP contribution in [0.25, 0.3) is 6.08 Å². The molecule has 10 heteroatoms. The van der Waals surface area contributed by atoms with E-state index in [9.17, 15) is 20.0 Å². The zero-order valence-electron chi connectivity index (χ0n) is 12.4. The number of carbonyl (C=O) groups excluding carboxylic acids is 1. The van der Waals surface area contributed by atoms with E-state index in [2.05, 4.69) is 5.10 Å². The monoisotopic (exact) mass is 375 g/mol. The fraction of sp³-hybridized carbons (Fsp3) is 0. The lowest BCUT2D eigenvalue weighted by atomic mass is 10.2. The van der Waals surface area contributed by atoms with Gasteiger partial charge in [0.15, 0.2) is 10.1 Å². The Morgan fingerprint density at radius 3 is 2.84 bits per heavy atom. The van der Waals surface area contributed by atoms with Crippen LogP contribution < -0.4 is 0 Å². The molecular weight excluding hydrogens is 366 g/mol. The van der Waals surface area contributed by atoms with Gasteiger partial charge < -0.3 is 9.52 Å². The molecule has 1 fully saturated rings. The topological polar surface area (TPSA) is 109 Å². The molecule has 1 aliphatic rings. The maximum absolute atomic E-state index is 12.4. The Morgan fingerprint density at radius 2 is 2.16 bits per heavy atom. The van der Waals surface area contributed by atoms with Crippen LogP contribution >= 0.6 is 24.0 Å². The third kappa shape index (κ3) is 3.75. The number of hydrogen-bond acceptors (Lipinski definition) is 8. The molecule has 3 rings (SSSR count). The van der Waals surface area contributed by atoms with Crippen molar-refractivity contribution in [2.24, 2.45) is 5.10 Å². The minimum absolute atomic E-state index is 0.0849. The molecule has 0 aliphatic carbocycles. The average molecular weight is 375 g/mol. The van der Waals surface area contributed by atoms with E-state index in [1.54, 1.807) is 18.2 Å². The Balaban J connectivity index is 1.79. The highest BCUT2D eigenvalue weighted by Crippen LogP contribution is 2.33. The number of thiocarbonyl (C=S) groups is 1. The lowest BCUT2D eigenvalue weighted by molar-refractivity contribution is -0.402. The molecule has 1 aromatic heterocycles. The van der Waals surface area contributed by atoms with Crippen molar-refractivity contribution in [3.8, 4) is 5.75 Å². The normalized spacial score (nSPS) is 16.3. The lowest BCUT2D eigenvalue weighted by Crippen LogP contribution is -2.22. The van der Waals surface area contributed by atoms with Crippen LogP contribution in [0.2, 0.25) is 0 Å². The van der Waals surface area contributed by atoms with Gasteiger partial charge in [-0.05, 0) is 42.1 Å². The second-order valence-corrected chi connectivity index (χ2v) is 6.44. The number of rotatable bonds is 4. The summed E-state index contributed by atoms with van der Waals surface area (Å²) in [5.41, 5.74) is 0.645. The largest absolute Gasteiger partial charge is 0.508 e. The molecule has 1 N–H and O–H groups in total. The summed E-state index contributed by atoms with van der Waals surface area (Å²) < 4.78 is 5.15. The molecule has 2 aromatic rings. The van der Waals surface area contributed by atoms with Gasteiger partial charge >= 0.3 is 5.88 Å². The first-order valence-electron chi connectivity index (χ1n) is 6.79. The van der Waals surface area contributed by atoms with E-state index in [0.29, 0.717) is 10.5 Å². The van der Waals surface area contributed by atoms with Gasteiger partial charge in [-0.3, -0.25) is 14.9 Å². The van der Waals surface area contributed by atoms with Crippen molar-refractivity contribution in [2.75, 3.05) is 0 Å². The maximum atomic E-state index is 12.4. The number of aromatic hydroxyl groups is 1. The molecule has 1 aromatic carbocycles. The van der Waals surface area contributed by atoms with E-state index in [4.69, 9.17) is 16.6 Å². The van der Waals surface area contributed by atoms with Crippen molar-refractivity contribution in [3.63, 3.8) is 0 Å². The highest BCUT2D eigenvalue weighted by molar-refractivity contribution is 8.26. The molecule has 25 heavy (non-hydrogen) atoms. The van der Waals surface area contributed by atoms with Crippen molar-refractivity contribution in [1.82, 2.24) is 5.01 Å². The summed E-state index contributed by atoms with van der Waals surface area (Å²) in [6.07, 6.45) is 2.77. The molecule has 0 bridgehead atoms. The smallest absolute Gasteiger partial charge is 0.433 e. The van der Waals surface area contributed by atoms with Gasteiger partial charge in [0.05, 0.1) is 17.2 Å². The summed E-state index contributed by atoms with van der Waals surface area (Å²) in [5.74, 6) is -0.648. The number of hydrazone groups is 1. The van der Waals surface area contributed by atoms with Crippen LogP contribution in [0.1, 0.15) is 11.3 Å². The number of benzene rings is 1. The summed E-state index contributed by atoms with van der Waals surface area (Å²) >= 11 is 6.19. The van der Waals surface area contributed by atoms with Gasteiger partial charge in [0, 0.05) is 0 Å². The van der Waals surface area contributed by atoms with Gasteiger partial charge in [-0.25, -0.2) is 0 Å². The predicted molar refractivity (Wildman–Crippen MR) is 96.1 cm³/mol. The van der Waals surface area contributed by atoms with Crippen LogP contribution in [0.5, 0.6) is 5.75 Å². The van der Waals surface area contributed by atoms with Gasteiger partial charge in [0.25, 0.3) is 5.91 Å². The van der Waals surface area contributed by atoms with E-state index in [-0.39, 0.29) is 15.8 Å². The zero-order chi connectivity index (χ0) is 18.0. The summed E-state index contributed by atoms with van der Waals surface area (Å²) in [6, 6.07) is 8.98. The number of hydrogen-bond donors (Lipinski definition) is 1. The molecule has 0 radical (unpaired) electrons. The van der Waals surface area contributed by atoms with Crippen LogP contribution in [-0.2, 0) is 4.79 Å². The van der Waals surface area contributed by atoms with Gasteiger partial charge in [0.2, 0.25) is 0 Å². The van der Waals surface area contributed by atoms with E-state index in [1.165, 1.54) is 30.5 Å². The number of phenolic OH excluding ortho intramolecular Hbond substituents is 1.